The first-order valence-corrected chi connectivity index (χ1v) is 9.75. The van der Waals surface area contributed by atoms with Crippen molar-refractivity contribution in [2.45, 2.75) is 18.9 Å². The molecule has 1 N–H and O–H groups in total. The lowest BCUT2D eigenvalue weighted by Crippen LogP contribution is -2.14. The molecule has 0 spiro atoms. The van der Waals surface area contributed by atoms with Crippen LogP contribution in [0.2, 0.25) is 0 Å². The number of para-hydroxylation sites is 1. The van der Waals surface area contributed by atoms with Gasteiger partial charge in [-0.05, 0) is 59.1 Å². The molecule has 1 aromatic heterocycles. The van der Waals surface area contributed by atoms with E-state index in [1.54, 1.807) is 0 Å². The van der Waals surface area contributed by atoms with E-state index < -0.39 is 0 Å². The van der Waals surface area contributed by atoms with Crippen molar-refractivity contribution >= 4 is 50.2 Å². The molecule has 0 aliphatic rings. The fraction of sp³-hybridized carbons (Fsp3) is 0.150. The number of carbonyl (C=O) groups excluding carboxylic acids is 1. The normalized spacial score (nSPS) is 10.5. The van der Waals surface area contributed by atoms with E-state index in [0.29, 0.717) is 10.6 Å². The molecule has 3 rings (SSSR count). The predicted molar refractivity (Wildman–Crippen MR) is 109 cm³/mol. The van der Waals surface area contributed by atoms with Gasteiger partial charge in [0.05, 0.1) is 22.5 Å². The third kappa shape index (κ3) is 3.90. The predicted octanol–water partition coefficient (Wildman–Crippen LogP) is 5.22. The van der Waals surface area contributed by atoms with Gasteiger partial charge >= 0.3 is 0 Å². The van der Waals surface area contributed by atoms with Gasteiger partial charge in [-0.3, -0.25) is 4.79 Å². The number of nitriles is 1. The Kier molecular flexibility index (Phi) is 5.60. The number of nitrogens with zero attached hydrogens (tertiary/aromatic N) is 2. The van der Waals surface area contributed by atoms with E-state index in [2.05, 4.69) is 32.3 Å². The number of aryl methyl sites for hydroxylation is 2. The van der Waals surface area contributed by atoms with Gasteiger partial charge in [-0.15, -0.1) is 0 Å². The third-order valence-electron chi connectivity index (χ3n) is 4.09. The third-order valence-corrected chi connectivity index (χ3v) is 5.77. The number of benzene rings is 2. The smallest absolute Gasteiger partial charge is 0.234 e. The lowest BCUT2D eigenvalue weighted by molar-refractivity contribution is -0.113. The molecule has 0 bridgehead atoms. The Bertz CT molecular complexity index is 1040. The van der Waals surface area contributed by atoms with Gasteiger partial charge in [0.2, 0.25) is 5.91 Å². The van der Waals surface area contributed by atoms with Crippen LogP contribution in [0.3, 0.4) is 0 Å². The van der Waals surface area contributed by atoms with E-state index in [4.69, 9.17) is 0 Å². The van der Waals surface area contributed by atoms with E-state index in [1.165, 1.54) is 11.8 Å². The summed E-state index contributed by atoms with van der Waals surface area (Å²) in [4.78, 5) is 16.9. The molecule has 0 aliphatic carbocycles. The quantitative estimate of drug-likeness (QED) is 0.582. The van der Waals surface area contributed by atoms with Gasteiger partial charge in [0, 0.05) is 9.86 Å². The van der Waals surface area contributed by atoms with E-state index in [-0.39, 0.29) is 11.7 Å². The van der Waals surface area contributed by atoms with Crippen molar-refractivity contribution in [3.63, 3.8) is 0 Å². The molecule has 2 aromatic carbocycles. The number of carbonyl (C=O) groups is 1. The minimum atomic E-state index is -0.145. The summed E-state index contributed by atoms with van der Waals surface area (Å²) in [6, 6.07) is 15.5. The Morgan fingerprint density at radius 1 is 1.27 bits per heavy atom. The van der Waals surface area contributed by atoms with Crippen LogP contribution in [0.4, 0.5) is 5.69 Å². The van der Waals surface area contributed by atoms with Crippen molar-refractivity contribution in [3.8, 4) is 6.07 Å². The molecule has 0 saturated carbocycles. The Labute approximate surface area is 164 Å². The van der Waals surface area contributed by atoms with Gasteiger partial charge < -0.3 is 5.32 Å². The summed E-state index contributed by atoms with van der Waals surface area (Å²) in [6.45, 7) is 4.05. The van der Waals surface area contributed by atoms with Crippen molar-refractivity contribution in [1.29, 1.82) is 5.26 Å². The highest BCUT2D eigenvalue weighted by atomic mass is 79.9. The summed E-state index contributed by atoms with van der Waals surface area (Å²) >= 11 is 4.68. The van der Waals surface area contributed by atoms with Crippen molar-refractivity contribution in [2.75, 3.05) is 11.1 Å². The van der Waals surface area contributed by atoms with E-state index >= 15 is 0 Å². The van der Waals surface area contributed by atoms with Crippen LogP contribution >= 0.6 is 27.7 Å². The molecule has 4 nitrogen and oxygen atoms in total. The van der Waals surface area contributed by atoms with Crippen LogP contribution < -0.4 is 5.32 Å². The number of halogens is 1. The van der Waals surface area contributed by atoms with Gasteiger partial charge in [-0.25, -0.2) is 4.98 Å². The minimum absolute atomic E-state index is 0.145. The maximum absolute atomic E-state index is 12.3. The van der Waals surface area contributed by atoms with Crippen LogP contribution in [0.15, 0.2) is 52.0 Å². The summed E-state index contributed by atoms with van der Waals surface area (Å²) in [7, 11) is 0. The number of anilines is 1. The molecular weight excluding hydrogens is 410 g/mol. The van der Waals surface area contributed by atoms with Crippen LogP contribution in [-0.2, 0) is 4.79 Å². The molecular formula is C20H16BrN3OS. The fourth-order valence-electron chi connectivity index (χ4n) is 2.54. The number of pyridine rings is 1. The van der Waals surface area contributed by atoms with Crippen LogP contribution in [0, 0.1) is 25.2 Å². The van der Waals surface area contributed by atoms with Gasteiger partial charge in [-0.2, -0.15) is 5.26 Å². The average molecular weight is 426 g/mol. The number of thioether (sulfide) groups is 1. The first kappa shape index (κ1) is 18.4. The molecule has 3 aromatic rings. The molecule has 1 heterocycles. The summed E-state index contributed by atoms with van der Waals surface area (Å²) in [5.41, 5.74) is 4.32. The molecule has 0 atom stereocenters. The number of hydrogen-bond acceptors (Lipinski definition) is 4. The second-order valence-corrected chi connectivity index (χ2v) is 7.67. The maximum atomic E-state index is 12.3. The minimum Gasteiger partial charge on any atom is -0.324 e. The highest BCUT2D eigenvalue weighted by Gasteiger charge is 2.12. The summed E-state index contributed by atoms with van der Waals surface area (Å²) in [5.74, 6) is 0.0352. The zero-order chi connectivity index (χ0) is 18.7. The summed E-state index contributed by atoms with van der Waals surface area (Å²) < 4.78 is 0.825. The van der Waals surface area contributed by atoms with Gasteiger partial charge in [-0.1, -0.05) is 36.0 Å². The van der Waals surface area contributed by atoms with Crippen LogP contribution in [-0.4, -0.2) is 16.6 Å². The summed E-state index contributed by atoms with van der Waals surface area (Å²) in [6.07, 6.45) is 0. The zero-order valence-electron chi connectivity index (χ0n) is 14.3. The highest BCUT2D eigenvalue weighted by Crippen LogP contribution is 2.28. The SMILES string of the molecule is Cc1ccc2cc(C#N)c(SCC(=O)Nc3ccccc3Br)nc2c1C. The Hall–Kier alpha value is -2.36. The second kappa shape index (κ2) is 7.90. The Morgan fingerprint density at radius 3 is 2.77 bits per heavy atom. The first-order valence-electron chi connectivity index (χ1n) is 7.98. The summed E-state index contributed by atoms with van der Waals surface area (Å²) in [5, 5.41) is 13.8. The van der Waals surface area contributed by atoms with Gasteiger partial charge in [0.15, 0.2) is 0 Å². The highest BCUT2D eigenvalue weighted by molar-refractivity contribution is 9.10. The zero-order valence-corrected chi connectivity index (χ0v) is 16.7. The molecule has 1 amide bonds. The van der Waals surface area contributed by atoms with Crippen LogP contribution in [0.25, 0.3) is 10.9 Å². The Morgan fingerprint density at radius 2 is 2.04 bits per heavy atom. The largest absolute Gasteiger partial charge is 0.324 e. The topological polar surface area (TPSA) is 65.8 Å². The molecule has 0 aliphatic heterocycles. The second-order valence-electron chi connectivity index (χ2n) is 5.85. The van der Waals surface area contributed by atoms with Gasteiger partial charge in [0.25, 0.3) is 0 Å². The van der Waals surface area contributed by atoms with E-state index in [0.717, 1.165) is 32.2 Å². The molecule has 6 heteroatoms. The van der Waals surface area contributed by atoms with Crippen molar-refractivity contribution < 1.29 is 4.79 Å². The lowest BCUT2D eigenvalue weighted by Gasteiger charge is -2.10. The number of nitrogens with one attached hydrogen (secondary N) is 1. The molecule has 26 heavy (non-hydrogen) atoms. The number of amides is 1. The lowest BCUT2D eigenvalue weighted by atomic mass is 10.0. The molecule has 130 valence electrons. The van der Waals surface area contributed by atoms with E-state index in [9.17, 15) is 10.1 Å². The van der Waals surface area contributed by atoms with E-state index in [1.807, 2.05) is 56.3 Å². The molecule has 0 saturated heterocycles. The van der Waals surface area contributed by atoms with Crippen LogP contribution in [0.1, 0.15) is 16.7 Å². The molecule has 0 unspecified atom stereocenters. The number of aromatic nitrogens is 1. The monoisotopic (exact) mass is 425 g/mol. The number of hydrogen-bond donors (Lipinski definition) is 1. The molecule has 0 radical (unpaired) electrons. The van der Waals surface area contributed by atoms with Crippen molar-refractivity contribution in [1.82, 2.24) is 4.98 Å². The number of fused-ring (bicyclic) bond motifs is 1. The van der Waals surface area contributed by atoms with Crippen LogP contribution in [0.5, 0.6) is 0 Å². The standard InChI is InChI=1S/C20H16BrN3OS/c1-12-7-8-14-9-15(10-22)20(24-19(14)13(12)2)26-11-18(25)23-17-6-4-3-5-16(17)21/h3-9H,11H2,1-2H3,(H,23,25). The average Bonchev–Trinajstić information content (AvgIpc) is 2.64. The first-order chi connectivity index (χ1) is 12.5. The fourth-order valence-corrected chi connectivity index (χ4v) is 3.68. The number of rotatable bonds is 4. The molecule has 0 fully saturated rings. The Balaban J connectivity index is 1.82. The van der Waals surface area contributed by atoms with Crippen molar-refractivity contribution in [3.05, 3.63) is 63.6 Å². The van der Waals surface area contributed by atoms with Gasteiger partial charge in [0.1, 0.15) is 11.1 Å². The maximum Gasteiger partial charge on any atom is 0.234 e. The van der Waals surface area contributed by atoms with Crippen molar-refractivity contribution in [2.24, 2.45) is 0 Å².